The van der Waals surface area contributed by atoms with Gasteiger partial charge in [0, 0.05) is 22.2 Å². The molecule has 2 aliphatic heterocycles. The number of epoxide rings is 2. The Hall–Kier alpha value is -0.400. The third-order valence-corrected chi connectivity index (χ3v) is 12.8. The molecule has 0 spiro atoms. The Balaban J connectivity index is -0.000000176. The van der Waals surface area contributed by atoms with Gasteiger partial charge in [-0.15, -0.1) is 0 Å². The highest BCUT2D eigenvalue weighted by Gasteiger charge is 2.56. The molecule has 0 aromatic carbocycles. The fraction of sp³-hybridized carbons (Fsp3) is 1.00. The molecule has 2 aliphatic rings. The van der Waals surface area contributed by atoms with Gasteiger partial charge in [0.15, 0.2) is 0 Å². The van der Waals surface area contributed by atoms with E-state index in [4.69, 9.17) is 9.47 Å². The Morgan fingerprint density at radius 2 is 0.569 bits per heavy atom. The third-order valence-electron chi connectivity index (χ3n) is 12.8. The van der Waals surface area contributed by atoms with Crippen LogP contribution in [0.4, 0.5) is 0 Å². The zero-order valence-electron chi connectivity index (χ0n) is 38.6. The molecule has 10 nitrogen and oxygen atoms in total. The van der Waals surface area contributed by atoms with E-state index in [-0.39, 0.29) is 40.9 Å². The third kappa shape index (κ3) is 17.7. The van der Waals surface area contributed by atoms with Gasteiger partial charge < -0.3 is 46.3 Å². The number of ether oxygens (including phenoxy) is 2. The highest BCUT2D eigenvalue weighted by atomic mass is 16.6. The molecule has 0 aromatic rings. The molecule has 0 aromatic heterocycles. The second-order valence-corrected chi connectivity index (χ2v) is 19.9. The Morgan fingerprint density at radius 3 is 0.608 bits per heavy atom. The van der Waals surface area contributed by atoms with E-state index in [1.165, 1.54) is 7.05 Å². The van der Waals surface area contributed by atoms with Gasteiger partial charge in [0.1, 0.15) is 0 Å². The van der Waals surface area contributed by atoms with Crippen molar-refractivity contribution in [3.63, 3.8) is 0 Å². The number of nitrogens with two attached hydrogens (primary N) is 1. The standard InChI is InChI=1S/C13H29NO2.2C7H17NO.2C6H12O.CH5N.CH4/c1-10(2,12(5,6)15)14(9)11(3,4)13(7,8)16;2*1-6(2,8-5)7(3,4)9;2*1-5(2)6(3,4)7-5;1-2;/h15-16H,1-9H3;2*8-9H,1-5H3;2*1-4H3;2H2,1H3;1H4. The van der Waals surface area contributed by atoms with Crippen LogP contribution >= 0.6 is 0 Å². The summed E-state index contributed by atoms with van der Waals surface area (Å²) < 4.78 is 10.6. The van der Waals surface area contributed by atoms with E-state index < -0.39 is 33.5 Å². The zero-order valence-corrected chi connectivity index (χ0v) is 38.6. The molecule has 8 N–H and O–H groups in total. The van der Waals surface area contributed by atoms with Crippen LogP contribution in [0.25, 0.3) is 0 Å². The smallest absolute Gasteiger partial charge is 0.0918 e. The Bertz CT molecular complexity index is 870. The van der Waals surface area contributed by atoms with Gasteiger partial charge in [-0.2, -0.15) is 0 Å². The Kier molecular flexibility index (Phi) is 22.3. The second-order valence-electron chi connectivity index (χ2n) is 19.9. The van der Waals surface area contributed by atoms with Crippen molar-refractivity contribution < 1.29 is 29.9 Å². The molecule has 10 heteroatoms. The van der Waals surface area contributed by atoms with Crippen LogP contribution in [0.1, 0.15) is 174 Å². The van der Waals surface area contributed by atoms with Crippen LogP contribution in [0.5, 0.6) is 0 Å². The van der Waals surface area contributed by atoms with Gasteiger partial charge in [0.05, 0.1) is 44.8 Å². The molecule has 0 unspecified atom stereocenters. The summed E-state index contributed by atoms with van der Waals surface area (Å²) in [5.41, 5.74) is 0.769. The molecule has 0 atom stereocenters. The minimum Gasteiger partial charge on any atom is -0.389 e. The van der Waals surface area contributed by atoms with Crippen LogP contribution in [0.15, 0.2) is 0 Å². The molecule has 51 heavy (non-hydrogen) atoms. The minimum atomic E-state index is -0.843. The topological polar surface area (TPSA) is 159 Å². The maximum Gasteiger partial charge on any atom is 0.0918 e. The first-order valence-corrected chi connectivity index (χ1v) is 18.2. The van der Waals surface area contributed by atoms with E-state index in [9.17, 15) is 20.4 Å². The normalized spacial score (nSPS) is 18.9. The molecule has 0 aliphatic carbocycles. The number of likely N-dealkylation sites (N-methyl/N-ethyl adjacent to an activating group) is 3. The number of rotatable bonds is 8. The summed E-state index contributed by atoms with van der Waals surface area (Å²) >= 11 is 0. The highest BCUT2D eigenvalue weighted by Crippen LogP contribution is 2.46. The fourth-order valence-electron chi connectivity index (χ4n) is 3.36. The number of nitrogens with zero attached hydrogens (tertiary/aromatic N) is 1. The molecule has 316 valence electrons. The number of nitrogens with one attached hydrogen (secondary N) is 2. The van der Waals surface area contributed by atoms with E-state index in [2.05, 4.69) is 71.8 Å². The Morgan fingerprint density at radius 1 is 0.431 bits per heavy atom. The maximum atomic E-state index is 10.2. The summed E-state index contributed by atoms with van der Waals surface area (Å²) in [5, 5.41) is 45.5. The van der Waals surface area contributed by atoms with Crippen molar-refractivity contribution in [2.24, 2.45) is 5.73 Å². The molecule has 2 heterocycles. The second kappa shape index (κ2) is 19.0. The van der Waals surface area contributed by atoms with Crippen molar-refractivity contribution in [1.29, 1.82) is 0 Å². The first kappa shape index (κ1) is 59.9. The van der Waals surface area contributed by atoms with Crippen molar-refractivity contribution >= 4 is 0 Å². The van der Waals surface area contributed by atoms with Crippen LogP contribution in [0, 0.1) is 0 Å². The lowest BCUT2D eigenvalue weighted by molar-refractivity contribution is -0.148. The van der Waals surface area contributed by atoms with E-state index in [0.29, 0.717) is 0 Å². The number of hydrogen-bond acceptors (Lipinski definition) is 10. The lowest BCUT2D eigenvalue weighted by atomic mass is 9.76. The highest BCUT2D eigenvalue weighted by molar-refractivity contribution is 5.05. The molecule has 0 radical (unpaired) electrons. The van der Waals surface area contributed by atoms with Gasteiger partial charge in [0.25, 0.3) is 0 Å². The SMILES string of the molecule is C.CC1(C)OC1(C)C.CC1(C)OC1(C)C.CN.CN(C(C)(C)C(C)(C)O)C(C)(C)C(C)(C)O.CNC(C)(C)C(C)(C)O.CNC(C)(C)C(C)(C)O. The quantitative estimate of drug-likeness (QED) is 0.131. The maximum absolute atomic E-state index is 10.2. The lowest BCUT2D eigenvalue weighted by Crippen LogP contribution is -2.68. The van der Waals surface area contributed by atoms with Crippen molar-refractivity contribution in [2.75, 3.05) is 28.2 Å². The van der Waals surface area contributed by atoms with Gasteiger partial charge in [-0.05, 0) is 194 Å². The van der Waals surface area contributed by atoms with Gasteiger partial charge in [-0.1, -0.05) is 7.43 Å². The summed E-state index contributed by atoms with van der Waals surface area (Å²) in [6.07, 6.45) is 0. The summed E-state index contributed by atoms with van der Waals surface area (Å²) in [7, 11) is 7.13. The fourth-order valence-corrected chi connectivity index (χ4v) is 3.36. The average Bonchev–Trinajstić information content (AvgIpc) is 3.57. The van der Waals surface area contributed by atoms with E-state index >= 15 is 0 Å². The number of hydrogen-bond donors (Lipinski definition) is 7. The van der Waals surface area contributed by atoms with Crippen molar-refractivity contribution in [3.8, 4) is 0 Å². The summed E-state index contributed by atoms with van der Waals surface area (Å²) in [6.45, 7) is 47.0. The van der Waals surface area contributed by atoms with Crippen LogP contribution in [-0.4, -0.2) is 120 Å². The van der Waals surface area contributed by atoms with Crippen LogP contribution in [-0.2, 0) is 9.47 Å². The first-order valence-electron chi connectivity index (χ1n) is 18.2. The zero-order chi connectivity index (χ0) is 42.4. The lowest BCUT2D eigenvalue weighted by Gasteiger charge is -2.55. The Labute approximate surface area is 319 Å². The molecular weight excluding hydrogens is 644 g/mol. The summed E-state index contributed by atoms with van der Waals surface area (Å²) in [4.78, 5) is 2.04. The van der Waals surface area contributed by atoms with Crippen LogP contribution in [0.2, 0.25) is 0 Å². The van der Waals surface area contributed by atoms with Gasteiger partial charge in [0.2, 0.25) is 0 Å². The molecule has 2 rings (SSSR count). The van der Waals surface area contributed by atoms with E-state index in [0.717, 1.165) is 0 Å². The monoisotopic (exact) mass is 741 g/mol. The van der Waals surface area contributed by atoms with E-state index in [1.54, 1.807) is 55.4 Å². The predicted molar refractivity (Wildman–Crippen MR) is 223 cm³/mol. The molecule has 0 bridgehead atoms. The largest absolute Gasteiger partial charge is 0.389 e. The number of aliphatic hydroxyl groups is 4. The summed E-state index contributed by atoms with van der Waals surface area (Å²) in [6, 6.07) is 0. The molecule has 2 saturated heterocycles. The summed E-state index contributed by atoms with van der Waals surface area (Å²) in [5.74, 6) is 0. The van der Waals surface area contributed by atoms with Gasteiger partial charge in [-0.3, -0.25) is 4.90 Å². The van der Waals surface area contributed by atoms with E-state index in [1.807, 2.05) is 81.4 Å². The van der Waals surface area contributed by atoms with Crippen LogP contribution < -0.4 is 16.4 Å². The molecule has 0 saturated carbocycles. The van der Waals surface area contributed by atoms with Crippen molar-refractivity contribution in [1.82, 2.24) is 15.5 Å². The molecule has 0 amide bonds. The molecule has 2 fully saturated rings. The van der Waals surface area contributed by atoms with Crippen molar-refractivity contribution in [2.45, 2.75) is 241 Å². The van der Waals surface area contributed by atoms with Crippen LogP contribution in [0.3, 0.4) is 0 Å². The van der Waals surface area contributed by atoms with Crippen molar-refractivity contribution in [3.05, 3.63) is 0 Å². The average molecular weight is 741 g/mol. The van der Waals surface area contributed by atoms with Gasteiger partial charge >= 0.3 is 0 Å². The minimum absolute atomic E-state index is 0. The molecular formula is C41H96N4O6. The van der Waals surface area contributed by atoms with Gasteiger partial charge in [-0.25, -0.2) is 0 Å². The first-order chi connectivity index (χ1) is 21.2. The predicted octanol–water partition coefficient (Wildman–Crippen LogP) is 6.89.